The summed E-state index contributed by atoms with van der Waals surface area (Å²) in [7, 11) is 1.61. The number of nitrogens with zero attached hydrogens (tertiary/aromatic N) is 3. The Hall–Kier alpha value is -2.14. The molecule has 0 radical (unpaired) electrons. The summed E-state index contributed by atoms with van der Waals surface area (Å²) in [5.41, 5.74) is 3.60. The second-order valence-electron chi connectivity index (χ2n) is 3.34. The second-order valence-corrected chi connectivity index (χ2v) is 3.73. The number of rotatable bonds is 4. The number of para-hydroxylation sites is 1. The van der Waals surface area contributed by atoms with Gasteiger partial charge in [0, 0.05) is 5.56 Å². The Bertz CT molecular complexity index is 559. The summed E-state index contributed by atoms with van der Waals surface area (Å²) >= 11 is 5.70. The summed E-state index contributed by atoms with van der Waals surface area (Å²) in [5.74, 6) is 1.23. The first-order valence-electron chi connectivity index (χ1n) is 5.19. The quantitative estimate of drug-likeness (QED) is 0.680. The normalized spacial score (nSPS) is 10.6. The maximum absolute atomic E-state index is 5.70. The van der Waals surface area contributed by atoms with Gasteiger partial charge >= 0.3 is 0 Å². The highest BCUT2D eigenvalue weighted by Crippen LogP contribution is 2.14. The first-order valence-corrected chi connectivity index (χ1v) is 5.57. The third-order valence-electron chi connectivity index (χ3n) is 2.13. The Kier molecular flexibility index (Phi) is 4.09. The van der Waals surface area contributed by atoms with Gasteiger partial charge in [-0.2, -0.15) is 5.10 Å². The summed E-state index contributed by atoms with van der Waals surface area (Å²) in [6.07, 6.45) is 4.63. The molecule has 1 aromatic carbocycles. The largest absolute Gasteiger partial charge is 0.496 e. The number of hydrogen-bond acceptors (Lipinski definition) is 5. The Labute approximate surface area is 109 Å². The van der Waals surface area contributed by atoms with Crippen molar-refractivity contribution in [2.45, 2.75) is 0 Å². The third kappa shape index (κ3) is 3.18. The zero-order valence-electron chi connectivity index (χ0n) is 9.67. The van der Waals surface area contributed by atoms with Crippen LogP contribution >= 0.6 is 11.6 Å². The number of ether oxygens (including phenoxy) is 1. The van der Waals surface area contributed by atoms with Crippen molar-refractivity contribution in [1.82, 2.24) is 9.97 Å². The van der Waals surface area contributed by atoms with Gasteiger partial charge in [-0.25, -0.2) is 4.98 Å². The number of hydrazone groups is 1. The molecule has 0 bridgehead atoms. The van der Waals surface area contributed by atoms with Crippen LogP contribution < -0.4 is 10.2 Å². The lowest BCUT2D eigenvalue weighted by molar-refractivity contribution is 0.414. The summed E-state index contributed by atoms with van der Waals surface area (Å²) in [6, 6.07) is 7.56. The van der Waals surface area contributed by atoms with E-state index >= 15 is 0 Å². The third-order valence-corrected chi connectivity index (χ3v) is 2.31. The molecule has 1 heterocycles. The second kappa shape index (κ2) is 5.97. The molecule has 0 unspecified atom stereocenters. The smallest absolute Gasteiger partial charge is 0.166 e. The van der Waals surface area contributed by atoms with Crippen LogP contribution in [0.3, 0.4) is 0 Å². The summed E-state index contributed by atoms with van der Waals surface area (Å²) in [4.78, 5) is 7.88. The molecule has 0 spiro atoms. The van der Waals surface area contributed by atoms with Crippen molar-refractivity contribution < 1.29 is 4.74 Å². The molecule has 0 fully saturated rings. The van der Waals surface area contributed by atoms with Gasteiger partial charge < -0.3 is 4.74 Å². The number of benzene rings is 1. The SMILES string of the molecule is COc1ccccc1/C=N\Nc1cncc(Cl)n1. The van der Waals surface area contributed by atoms with Crippen LogP contribution in [0.4, 0.5) is 5.82 Å². The lowest BCUT2D eigenvalue weighted by Gasteiger charge is -2.03. The predicted molar refractivity (Wildman–Crippen MR) is 71.3 cm³/mol. The van der Waals surface area contributed by atoms with E-state index < -0.39 is 0 Å². The van der Waals surface area contributed by atoms with Crippen LogP contribution in [0.15, 0.2) is 41.8 Å². The van der Waals surface area contributed by atoms with E-state index in [-0.39, 0.29) is 0 Å². The minimum Gasteiger partial charge on any atom is -0.496 e. The van der Waals surface area contributed by atoms with Crippen LogP contribution in [0.25, 0.3) is 0 Å². The predicted octanol–water partition coefficient (Wildman–Crippen LogP) is 2.58. The lowest BCUT2D eigenvalue weighted by atomic mass is 10.2. The van der Waals surface area contributed by atoms with E-state index in [1.165, 1.54) is 12.4 Å². The fourth-order valence-electron chi connectivity index (χ4n) is 1.34. The van der Waals surface area contributed by atoms with Crippen molar-refractivity contribution in [3.8, 4) is 5.75 Å². The van der Waals surface area contributed by atoms with Gasteiger partial charge in [0.2, 0.25) is 0 Å². The van der Waals surface area contributed by atoms with E-state index in [2.05, 4.69) is 20.5 Å². The van der Waals surface area contributed by atoms with Gasteiger partial charge in [0.05, 0.1) is 25.7 Å². The molecule has 6 heteroatoms. The van der Waals surface area contributed by atoms with Crippen LogP contribution in [0, 0.1) is 0 Å². The van der Waals surface area contributed by atoms with Gasteiger partial charge in [0.1, 0.15) is 10.9 Å². The molecular weight excluding hydrogens is 252 g/mol. The van der Waals surface area contributed by atoms with Crippen molar-refractivity contribution in [1.29, 1.82) is 0 Å². The molecular formula is C12H11ClN4O. The number of anilines is 1. The van der Waals surface area contributed by atoms with E-state index in [0.717, 1.165) is 11.3 Å². The Morgan fingerprint density at radius 1 is 1.33 bits per heavy atom. The van der Waals surface area contributed by atoms with E-state index in [0.29, 0.717) is 11.0 Å². The summed E-state index contributed by atoms with van der Waals surface area (Å²) in [6.45, 7) is 0. The topological polar surface area (TPSA) is 59.4 Å². The van der Waals surface area contributed by atoms with Gasteiger partial charge in [-0.15, -0.1) is 0 Å². The Morgan fingerprint density at radius 2 is 2.17 bits per heavy atom. The Balaban J connectivity index is 2.07. The fourth-order valence-corrected chi connectivity index (χ4v) is 1.48. The van der Waals surface area contributed by atoms with Crippen molar-refractivity contribution in [2.24, 2.45) is 5.10 Å². The molecule has 0 atom stereocenters. The first-order chi connectivity index (χ1) is 8.79. The average molecular weight is 263 g/mol. The molecule has 18 heavy (non-hydrogen) atoms. The molecule has 0 amide bonds. The van der Waals surface area contributed by atoms with Gasteiger partial charge in [-0.3, -0.25) is 10.4 Å². The van der Waals surface area contributed by atoms with Crippen LogP contribution in [-0.4, -0.2) is 23.3 Å². The molecule has 0 aliphatic heterocycles. The number of nitrogens with one attached hydrogen (secondary N) is 1. The van der Waals surface area contributed by atoms with Crippen LogP contribution in [-0.2, 0) is 0 Å². The van der Waals surface area contributed by atoms with E-state index in [1.807, 2.05) is 24.3 Å². The minimum absolute atomic E-state index is 0.312. The highest BCUT2D eigenvalue weighted by molar-refractivity contribution is 6.29. The lowest BCUT2D eigenvalue weighted by Crippen LogP contribution is -1.96. The molecule has 0 aliphatic carbocycles. The van der Waals surface area contributed by atoms with Crippen molar-refractivity contribution >= 4 is 23.6 Å². The molecule has 1 N–H and O–H groups in total. The zero-order valence-corrected chi connectivity index (χ0v) is 10.4. The highest BCUT2D eigenvalue weighted by atomic mass is 35.5. The molecule has 0 saturated carbocycles. The van der Waals surface area contributed by atoms with Crippen LogP contribution in [0.2, 0.25) is 5.15 Å². The van der Waals surface area contributed by atoms with Gasteiger partial charge in [-0.1, -0.05) is 23.7 Å². The summed E-state index contributed by atoms with van der Waals surface area (Å²) in [5, 5.41) is 4.36. The molecule has 2 rings (SSSR count). The van der Waals surface area contributed by atoms with Crippen molar-refractivity contribution in [3.05, 3.63) is 47.4 Å². The number of halogens is 1. The minimum atomic E-state index is 0.312. The van der Waals surface area contributed by atoms with Crippen LogP contribution in [0.5, 0.6) is 5.75 Å². The summed E-state index contributed by atoms with van der Waals surface area (Å²) < 4.78 is 5.20. The van der Waals surface area contributed by atoms with Gasteiger partial charge in [0.15, 0.2) is 5.82 Å². The fraction of sp³-hybridized carbons (Fsp3) is 0.0833. The molecule has 0 saturated heterocycles. The molecule has 2 aromatic rings. The standard InChI is InChI=1S/C12H11ClN4O/c1-18-10-5-3-2-4-9(10)6-15-17-12-8-14-7-11(13)16-12/h2-8H,1H3,(H,16,17)/b15-6-. The van der Waals surface area contributed by atoms with E-state index in [9.17, 15) is 0 Å². The van der Waals surface area contributed by atoms with Crippen LogP contribution in [0.1, 0.15) is 5.56 Å². The molecule has 5 nitrogen and oxygen atoms in total. The Morgan fingerprint density at radius 3 is 2.94 bits per heavy atom. The number of methoxy groups -OCH3 is 1. The maximum Gasteiger partial charge on any atom is 0.166 e. The van der Waals surface area contributed by atoms with Crippen molar-refractivity contribution in [2.75, 3.05) is 12.5 Å². The molecule has 1 aromatic heterocycles. The number of aromatic nitrogens is 2. The van der Waals surface area contributed by atoms with E-state index in [4.69, 9.17) is 16.3 Å². The maximum atomic E-state index is 5.70. The zero-order chi connectivity index (χ0) is 12.8. The van der Waals surface area contributed by atoms with Gasteiger partial charge in [0.25, 0.3) is 0 Å². The molecule has 92 valence electrons. The number of hydrogen-bond donors (Lipinski definition) is 1. The van der Waals surface area contributed by atoms with Gasteiger partial charge in [-0.05, 0) is 12.1 Å². The first kappa shape index (κ1) is 12.3. The monoisotopic (exact) mass is 262 g/mol. The van der Waals surface area contributed by atoms with E-state index in [1.54, 1.807) is 13.3 Å². The average Bonchev–Trinajstić information content (AvgIpc) is 2.39. The highest BCUT2D eigenvalue weighted by Gasteiger charge is 1.97. The molecule has 0 aliphatic rings. The van der Waals surface area contributed by atoms with Crippen molar-refractivity contribution in [3.63, 3.8) is 0 Å².